The van der Waals surface area contributed by atoms with Crippen LogP contribution in [0.1, 0.15) is 0 Å². The predicted octanol–water partition coefficient (Wildman–Crippen LogP) is 1.40. The second-order valence-electron chi connectivity index (χ2n) is 3.15. The molecular weight excluding hydrogens is 178 g/mol. The molecular formula is C10H7N3O. The molecule has 0 atom stereocenters. The van der Waals surface area contributed by atoms with Crippen molar-refractivity contribution in [3.8, 4) is 0 Å². The lowest BCUT2D eigenvalue weighted by Gasteiger charge is -1.95. The molecule has 0 aliphatic carbocycles. The molecule has 2 aromatic heterocycles. The summed E-state index contributed by atoms with van der Waals surface area (Å²) in [4.78, 5) is 15.8. The molecule has 0 spiro atoms. The van der Waals surface area contributed by atoms with Crippen LogP contribution in [-0.4, -0.2) is 15.2 Å². The van der Waals surface area contributed by atoms with Crippen molar-refractivity contribution < 1.29 is 0 Å². The van der Waals surface area contributed by atoms with Crippen molar-refractivity contribution in [1.82, 2.24) is 15.2 Å². The normalized spacial score (nSPS) is 11.1. The largest absolute Gasteiger partial charge is 0.307 e. The van der Waals surface area contributed by atoms with Crippen molar-refractivity contribution in [2.24, 2.45) is 0 Å². The number of nitrogens with one attached hydrogen (secondary N) is 2. The van der Waals surface area contributed by atoms with Gasteiger partial charge in [-0.2, -0.15) is 0 Å². The SMILES string of the molecule is O=c1ccnc2ccc3c[nH][nH]c3c12. The summed E-state index contributed by atoms with van der Waals surface area (Å²) in [7, 11) is 0. The quantitative estimate of drug-likeness (QED) is 0.556. The highest BCUT2D eigenvalue weighted by atomic mass is 16.1. The van der Waals surface area contributed by atoms with E-state index in [9.17, 15) is 4.79 Å². The summed E-state index contributed by atoms with van der Waals surface area (Å²) in [6.45, 7) is 0. The Labute approximate surface area is 78.6 Å². The lowest BCUT2D eigenvalue weighted by Crippen LogP contribution is -2.00. The Balaban J connectivity index is 2.74. The average Bonchev–Trinajstić information content (AvgIpc) is 2.65. The van der Waals surface area contributed by atoms with Gasteiger partial charge in [0.25, 0.3) is 0 Å². The van der Waals surface area contributed by atoms with Crippen LogP contribution in [0, 0.1) is 0 Å². The monoisotopic (exact) mass is 185 g/mol. The van der Waals surface area contributed by atoms with Gasteiger partial charge in [0.15, 0.2) is 5.43 Å². The first-order valence-electron chi connectivity index (χ1n) is 4.30. The summed E-state index contributed by atoms with van der Waals surface area (Å²) in [6.07, 6.45) is 3.35. The van der Waals surface area contributed by atoms with Crippen LogP contribution in [0.4, 0.5) is 0 Å². The predicted molar refractivity (Wildman–Crippen MR) is 54.2 cm³/mol. The van der Waals surface area contributed by atoms with E-state index in [2.05, 4.69) is 15.2 Å². The Hall–Kier alpha value is -2.10. The number of fused-ring (bicyclic) bond motifs is 3. The molecule has 0 fully saturated rings. The van der Waals surface area contributed by atoms with Crippen LogP contribution in [0.3, 0.4) is 0 Å². The van der Waals surface area contributed by atoms with E-state index >= 15 is 0 Å². The van der Waals surface area contributed by atoms with Crippen molar-refractivity contribution in [3.05, 3.63) is 40.8 Å². The highest BCUT2D eigenvalue weighted by Crippen LogP contribution is 2.17. The molecule has 0 aliphatic heterocycles. The molecule has 0 aliphatic rings. The maximum absolute atomic E-state index is 11.6. The van der Waals surface area contributed by atoms with Gasteiger partial charge >= 0.3 is 0 Å². The standard InChI is InChI=1S/C10H7N3O/c14-8-3-4-11-7-2-1-6-5-12-13-10(6)9(7)8/h1-5,12-13H. The molecule has 0 bridgehead atoms. The number of aromatic amines is 2. The van der Waals surface area contributed by atoms with E-state index in [1.807, 2.05) is 18.3 Å². The minimum absolute atomic E-state index is 0.00329. The first kappa shape index (κ1) is 7.32. The van der Waals surface area contributed by atoms with Gasteiger partial charge in [0.1, 0.15) is 0 Å². The number of H-pyrrole nitrogens is 2. The van der Waals surface area contributed by atoms with Gasteiger partial charge in [-0.1, -0.05) is 0 Å². The van der Waals surface area contributed by atoms with E-state index in [0.717, 1.165) is 16.4 Å². The van der Waals surface area contributed by atoms with Crippen molar-refractivity contribution in [1.29, 1.82) is 0 Å². The first-order valence-corrected chi connectivity index (χ1v) is 4.30. The fraction of sp³-hybridized carbons (Fsp3) is 0. The van der Waals surface area contributed by atoms with Crippen LogP contribution in [0.5, 0.6) is 0 Å². The molecule has 3 aromatic rings. The Morgan fingerprint density at radius 1 is 1.21 bits per heavy atom. The van der Waals surface area contributed by atoms with Gasteiger partial charge < -0.3 is 5.10 Å². The van der Waals surface area contributed by atoms with E-state index in [-0.39, 0.29) is 5.43 Å². The van der Waals surface area contributed by atoms with Gasteiger partial charge in [-0.05, 0) is 12.1 Å². The van der Waals surface area contributed by atoms with E-state index in [4.69, 9.17) is 0 Å². The molecule has 68 valence electrons. The molecule has 0 saturated carbocycles. The van der Waals surface area contributed by atoms with Crippen molar-refractivity contribution >= 4 is 21.8 Å². The van der Waals surface area contributed by atoms with Gasteiger partial charge in [-0.3, -0.25) is 14.9 Å². The second kappa shape index (κ2) is 2.45. The van der Waals surface area contributed by atoms with Crippen LogP contribution in [-0.2, 0) is 0 Å². The third-order valence-electron chi connectivity index (χ3n) is 2.33. The van der Waals surface area contributed by atoms with Crippen LogP contribution < -0.4 is 5.43 Å². The van der Waals surface area contributed by atoms with Crippen molar-refractivity contribution in [3.63, 3.8) is 0 Å². The Morgan fingerprint density at radius 3 is 3.07 bits per heavy atom. The fourth-order valence-electron chi connectivity index (χ4n) is 1.67. The van der Waals surface area contributed by atoms with E-state index in [1.165, 1.54) is 12.3 Å². The first-order chi connectivity index (χ1) is 6.86. The zero-order chi connectivity index (χ0) is 9.54. The molecule has 2 heterocycles. The molecule has 4 nitrogen and oxygen atoms in total. The third-order valence-corrected chi connectivity index (χ3v) is 2.33. The topological polar surface area (TPSA) is 61.5 Å². The number of nitrogens with zero attached hydrogens (tertiary/aromatic N) is 1. The minimum Gasteiger partial charge on any atom is -0.307 e. The number of rotatable bonds is 0. The lowest BCUT2D eigenvalue weighted by atomic mass is 10.1. The number of hydrogen-bond donors (Lipinski definition) is 2. The summed E-state index contributed by atoms with van der Waals surface area (Å²) in [5.41, 5.74) is 1.54. The third kappa shape index (κ3) is 0.821. The Morgan fingerprint density at radius 2 is 2.14 bits per heavy atom. The van der Waals surface area contributed by atoms with Gasteiger partial charge in [0.05, 0.1) is 16.4 Å². The smallest absolute Gasteiger partial charge is 0.191 e. The summed E-state index contributed by atoms with van der Waals surface area (Å²) in [6, 6.07) is 5.25. The van der Waals surface area contributed by atoms with Crippen LogP contribution in [0.25, 0.3) is 21.8 Å². The number of pyridine rings is 1. The average molecular weight is 185 g/mol. The van der Waals surface area contributed by atoms with E-state index < -0.39 is 0 Å². The fourth-order valence-corrected chi connectivity index (χ4v) is 1.67. The zero-order valence-electron chi connectivity index (χ0n) is 7.24. The molecule has 1 aromatic carbocycles. The molecule has 0 radical (unpaired) electrons. The highest BCUT2D eigenvalue weighted by Gasteiger charge is 2.04. The maximum Gasteiger partial charge on any atom is 0.191 e. The van der Waals surface area contributed by atoms with Crippen LogP contribution in [0.2, 0.25) is 0 Å². The second-order valence-corrected chi connectivity index (χ2v) is 3.15. The molecule has 2 N–H and O–H groups in total. The van der Waals surface area contributed by atoms with Gasteiger partial charge in [0.2, 0.25) is 0 Å². The van der Waals surface area contributed by atoms with E-state index in [1.54, 1.807) is 0 Å². The number of aromatic nitrogens is 3. The van der Waals surface area contributed by atoms with Gasteiger partial charge in [0, 0.05) is 23.8 Å². The van der Waals surface area contributed by atoms with Crippen molar-refractivity contribution in [2.75, 3.05) is 0 Å². The van der Waals surface area contributed by atoms with Gasteiger partial charge in [-0.15, -0.1) is 0 Å². The molecule has 14 heavy (non-hydrogen) atoms. The summed E-state index contributed by atoms with van der Waals surface area (Å²) in [5.74, 6) is 0. The Kier molecular flexibility index (Phi) is 1.28. The summed E-state index contributed by atoms with van der Waals surface area (Å²) < 4.78 is 0. The molecule has 3 rings (SSSR count). The number of hydrogen-bond acceptors (Lipinski definition) is 2. The summed E-state index contributed by atoms with van der Waals surface area (Å²) in [5, 5.41) is 7.44. The molecule has 0 amide bonds. The van der Waals surface area contributed by atoms with Crippen molar-refractivity contribution in [2.45, 2.75) is 0 Å². The van der Waals surface area contributed by atoms with E-state index in [0.29, 0.717) is 5.39 Å². The lowest BCUT2D eigenvalue weighted by molar-refractivity contribution is 1.12. The molecule has 4 heteroatoms. The van der Waals surface area contributed by atoms with Crippen LogP contribution in [0.15, 0.2) is 35.4 Å². The molecule has 0 saturated heterocycles. The minimum atomic E-state index is -0.00329. The maximum atomic E-state index is 11.6. The zero-order valence-corrected chi connectivity index (χ0v) is 7.24. The highest BCUT2D eigenvalue weighted by molar-refractivity contribution is 6.03. The van der Waals surface area contributed by atoms with Gasteiger partial charge in [-0.25, -0.2) is 0 Å². The molecule has 0 unspecified atom stereocenters. The Bertz CT molecular complexity index is 665. The number of benzene rings is 1. The summed E-state index contributed by atoms with van der Waals surface area (Å²) >= 11 is 0. The van der Waals surface area contributed by atoms with Crippen LogP contribution >= 0.6 is 0 Å².